The summed E-state index contributed by atoms with van der Waals surface area (Å²) in [4.78, 5) is 5.81. The summed E-state index contributed by atoms with van der Waals surface area (Å²) in [6.07, 6.45) is 0.985. The summed E-state index contributed by atoms with van der Waals surface area (Å²) in [6.45, 7) is 5.18. The monoisotopic (exact) mass is 326 g/mol. The van der Waals surface area contributed by atoms with Gasteiger partial charge in [-0.2, -0.15) is 0 Å². The average Bonchev–Trinajstić information content (AvgIpc) is 2.83. The first-order valence-electron chi connectivity index (χ1n) is 6.70. The molecule has 0 amide bonds. The number of aryl methyl sites for hydroxylation is 1. The normalized spacial score (nSPS) is 12.6. The van der Waals surface area contributed by atoms with Crippen molar-refractivity contribution in [3.8, 4) is 0 Å². The van der Waals surface area contributed by atoms with Crippen LogP contribution >= 0.6 is 34.7 Å². The Labute approximate surface area is 134 Å². The molecule has 0 radical (unpaired) electrons. The number of hydrogen-bond acceptors (Lipinski definition) is 4. The molecule has 0 aliphatic carbocycles. The molecule has 108 valence electrons. The number of likely N-dealkylation sites (N-methyl/N-ethyl adjacent to an activating group) is 1. The zero-order valence-corrected chi connectivity index (χ0v) is 14.1. The van der Waals surface area contributed by atoms with Crippen LogP contribution < -0.4 is 5.32 Å². The summed E-state index contributed by atoms with van der Waals surface area (Å²) in [5.74, 6) is 1.03. The fourth-order valence-electron chi connectivity index (χ4n) is 1.96. The van der Waals surface area contributed by atoms with Crippen molar-refractivity contribution in [2.75, 3.05) is 12.3 Å². The van der Waals surface area contributed by atoms with E-state index in [1.54, 1.807) is 11.3 Å². The maximum Gasteiger partial charge on any atom is 0.0897 e. The molecular weight excluding hydrogens is 308 g/mol. The Balaban J connectivity index is 1.90. The van der Waals surface area contributed by atoms with Gasteiger partial charge in [-0.25, -0.2) is 4.98 Å². The second-order valence-corrected chi connectivity index (χ2v) is 7.17. The van der Waals surface area contributed by atoms with Crippen LogP contribution in [0.4, 0.5) is 0 Å². The van der Waals surface area contributed by atoms with Crippen molar-refractivity contribution >= 4 is 34.7 Å². The highest BCUT2D eigenvalue weighted by Crippen LogP contribution is 2.22. The highest BCUT2D eigenvalue weighted by molar-refractivity contribution is 7.99. The Morgan fingerprint density at radius 3 is 2.70 bits per heavy atom. The minimum Gasteiger partial charge on any atom is -0.313 e. The number of nitrogens with zero attached hydrogens (tertiary/aromatic N) is 1. The van der Waals surface area contributed by atoms with Gasteiger partial charge < -0.3 is 5.32 Å². The van der Waals surface area contributed by atoms with Gasteiger partial charge in [-0.15, -0.1) is 23.1 Å². The first-order valence-corrected chi connectivity index (χ1v) is 8.94. The molecule has 1 aromatic carbocycles. The lowest BCUT2D eigenvalue weighted by atomic mass is 10.2. The van der Waals surface area contributed by atoms with Crippen LogP contribution in [-0.2, 0) is 6.42 Å². The summed E-state index contributed by atoms with van der Waals surface area (Å²) in [6, 6.07) is 8.47. The molecule has 0 spiro atoms. The van der Waals surface area contributed by atoms with Crippen LogP contribution in [0.25, 0.3) is 0 Å². The minimum atomic E-state index is 0.446. The fourth-order valence-corrected chi connectivity index (χ4v) is 3.67. The van der Waals surface area contributed by atoms with Gasteiger partial charge in [0.15, 0.2) is 0 Å². The second-order valence-electron chi connectivity index (χ2n) is 4.58. The summed E-state index contributed by atoms with van der Waals surface area (Å²) in [5.41, 5.74) is 1.19. The van der Waals surface area contributed by atoms with Gasteiger partial charge in [-0.05, 0) is 37.7 Å². The van der Waals surface area contributed by atoms with Crippen LogP contribution in [0.5, 0.6) is 0 Å². The lowest BCUT2D eigenvalue weighted by Gasteiger charge is -2.16. The van der Waals surface area contributed by atoms with Crippen LogP contribution in [-0.4, -0.2) is 23.3 Å². The van der Waals surface area contributed by atoms with Crippen molar-refractivity contribution in [1.82, 2.24) is 10.3 Å². The highest BCUT2D eigenvalue weighted by atomic mass is 35.5. The third-order valence-corrected chi connectivity index (χ3v) is 5.13. The lowest BCUT2D eigenvalue weighted by molar-refractivity contribution is 0.567. The minimum absolute atomic E-state index is 0.446. The summed E-state index contributed by atoms with van der Waals surface area (Å²) < 4.78 is 0. The van der Waals surface area contributed by atoms with Gasteiger partial charge in [0.05, 0.1) is 10.7 Å². The third-order valence-electron chi connectivity index (χ3n) is 2.88. The van der Waals surface area contributed by atoms with Gasteiger partial charge in [0, 0.05) is 33.5 Å². The van der Waals surface area contributed by atoms with Gasteiger partial charge in [-0.3, -0.25) is 0 Å². The van der Waals surface area contributed by atoms with Crippen LogP contribution in [0, 0.1) is 6.92 Å². The molecule has 20 heavy (non-hydrogen) atoms. The zero-order valence-electron chi connectivity index (χ0n) is 11.7. The van der Waals surface area contributed by atoms with E-state index in [-0.39, 0.29) is 0 Å². The van der Waals surface area contributed by atoms with E-state index in [0.717, 1.165) is 28.7 Å². The molecule has 5 heteroatoms. The predicted molar refractivity (Wildman–Crippen MR) is 90.2 cm³/mol. The molecule has 0 saturated carbocycles. The van der Waals surface area contributed by atoms with E-state index in [4.69, 9.17) is 11.6 Å². The van der Waals surface area contributed by atoms with Gasteiger partial charge in [0.25, 0.3) is 0 Å². The molecule has 0 saturated heterocycles. The fraction of sp³-hybridized carbons (Fsp3) is 0.400. The number of benzene rings is 1. The first-order chi connectivity index (χ1) is 9.67. The van der Waals surface area contributed by atoms with Gasteiger partial charge in [0.2, 0.25) is 0 Å². The number of halogens is 1. The van der Waals surface area contributed by atoms with Crippen LogP contribution in [0.15, 0.2) is 34.5 Å². The quantitative estimate of drug-likeness (QED) is 0.762. The molecule has 1 aromatic heterocycles. The van der Waals surface area contributed by atoms with Gasteiger partial charge >= 0.3 is 0 Å². The summed E-state index contributed by atoms with van der Waals surface area (Å²) >= 11 is 9.48. The van der Waals surface area contributed by atoms with Crippen LogP contribution in [0.3, 0.4) is 0 Å². The number of nitrogens with one attached hydrogen (secondary N) is 1. The van der Waals surface area contributed by atoms with Crippen LogP contribution in [0.2, 0.25) is 5.02 Å². The van der Waals surface area contributed by atoms with Crippen molar-refractivity contribution in [2.24, 2.45) is 0 Å². The average molecular weight is 327 g/mol. The Morgan fingerprint density at radius 2 is 2.10 bits per heavy atom. The van der Waals surface area contributed by atoms with Crippen molar-refractivity contribution in [3.05, 3.63) is 45.4 Å². The van der Waals surface area contributed by atoms with Crippen LogP contribution in [0.1, 0.15) is 17.6 Å². The highest BCUT2D eigenvalue weighted by Gasteiger charge is 2.11. The molecule has 0 bridgehead atoms. The predicted octanol–water partition coefficient (Wildman–Crippen LogP) is 4.42. The Bertz CT molecular complexity index is 525. The Hall–Kier alpha value is -0.550. The van der Waals surface area contributed by atoms with Gasteiger partial charge in [0.1, 0.15) is 0 Å². The maximum atomic E-state index is 5.91. The lowest BCUT2D eigenvalue weighted by Crippen LogP contribution is -2.33. The van der Waals surface area contributed by atoms with Crippen molar-refractivity contribution in [2.45, 2.75) is 31.2 Å². The number of aromatic nitrogens is 1. The molecule has 1 N–H and O–H groups in total. The topological polar surface area (TPSA) is 24.9 Å². The molecular formula is C15H19ClN2S2. The second kappa shape index (κ2) is 8.03. The van der Waals surface area contributed by atoms with E-state index in [2.05, 4.69) is 41.7 Å². The van der Waals surface area contributed by atoms with E-state index in [1.165, 1.54) is 10.6 Å². The van der Waals surface area contributed by atoms with E-state index in [1.807, 2.05) is 23.9 Å². The molecule has 1 atom stereocenters. The standard InChI is InChI=1S/C15H19ClN2S2/c1-3-17-13(8-14-10-19-11(2)18-14)9-20-15-6-4-12(16)5-7-15/h4-7,10,13,17H,3,8-9H2,1-2H3. The molecule has 0 aliphatic rings. The molecule has 2 nitrogen and oxygen atoms in total. The first kappa shape index (κ1) is 15.8. The number of thioether (sulfide) groups is 1. The molecule has 1 unspecified atom stereocenters. The van der Waals surface area contributed by atoms with Crippen molar-refractivity contribution < 1.29 is 0 Å². The van der Waals surface area contributed by atoms with E-state index < -0.39 is 0 Å². The van der Waals surface area contributed by atoms with E-state index in [0.29, 0.717) is 6.04 Å². The molecule has 2 aromatic rings. The van der Waals surface area contributed by atoms with E-state index in [9.17, 15) is 0 Å². The van der Waals surface area contributed by atoms with Crippen molar-refractivity contribution in [1.29, 1.82) is 0 Å². The summed E-state index contributed by atoms with van der Waals surface area (Å²) in [7, 11) is 0. The smallest absolute Gasteiger partial charge is 0.0897 e. The molecule has 0 fully saturated rings. The SMILES string of the molecule is CCNC(CSc1ccc(Cl)cc1)Cc1csc(C)n1. The Morgan fingerprint density at radius 1 is 1.35 bits per heavy atom. The number of rotatable bonds is 7. The Kier molecular flexibility index (Phi) is 6.36. The summed E-state index contributed by atoms with van der Waals surface area (Å²) in [5, 5.41) is 7.63. The third kappa shape index (κ3) is 5.09. The zero-order chi connectivity index (χ0) is 14.4. The maximum absolute atomic E-state index is 5.91. The van der Waals surface area contributed by atoms with Gasteiger partial charge in [-0.1, -0.05) is 18.5 Å². The molecule has 2 rings (SSSR count). The number of thiazole rings is 1. The number of hydrogen-bond donors (Lipinski definition) is 1. The molecule has 1 heterocycles. The van der Waals surface area contributed by atoms with E-state index >= 15 is 0 Å². The molecule has 0 aliphatic heterocycles. The largest absolute Gasteiger partial charge is 0.313 e. The van der Waals surface area contributed by atoms with Crippen molar-refractivity contribution in [3.63, 3.8) is 0 Å².